The monoisotopic (exact) mass is 285 g/mol. The van der Waals surface area contributed by atoms with Gasteiger partial charge in [0.05, 0.1) is 6.54 Å². The number of likely N-dealkylation sites (N-methyl/N-ethyl adjacent to an activating group) is 1. The van der Waals surface area contributed by atoms with E-state index in [0.717, 1.165) is 30.5 Å². The van der Waals surface area contributed by atoms with Crippen LogP contribution in [0.25, 0.3) is 0 Å². The molecule has 0 aromatic carbocycles. The number of nitrogens with one attached hydrogen (secondary N) is 1. The highest BCUT2D eigenvalue weighted by Crippen LogP contribution is 2.16. The second-order valence-electron chi connectivity index (χ2n) is 4.65. The Bertz CT molecular complexity index is 316. The Balaban J connectivity index is 2.10. The first kappa shape index (κ1) is 16.4. The second-order valence-corrected chi connectivity index (χ2v) is 5.72. The number of hydrogen-bond acceptors (Lipinski definition) is 5. The van der Waals surface area contributed by atoms with Crippen LogP contribution < -0.4 is 5.32 Å². The molecule has 0 unspecified atom stereocenters. The van der Waals surface area contributed by atoms with Crippen LogP contribution in [-0.4, -0.2) is 39.0 Å². The Hall–Kier alpha value is -0.620. The van der Waals surface area contributed by atoms with Crippen LogP contribution >= 0.6 is 11.8 Å². The van der Waals surface area contributed by atoms with Gasteiger partial charge in [0.25, 0.3) is 0 Å². The number of hydrogen-bond donors (Lipinski definition) is 1. The molecular weight excluding hydrogens is 258 g/mol. The lowest BCUT2D eigenvalue weighted by atomic mass is 10.1. The molecule has 1 aromatic rings. The van der Waals surface area contributed by atoms with Crippen molar-refractivity contribution in [3.8, 4) is 0 Å². The molecule has 0 saturated heterocycles. The lowest BCUT2D eigenvalue weighted by molar-refractivity contribution is 0.517. The molecule has 0 atom stereocenters. The molecule has 0 aliphatic heterocycles. The van der Waals surface area contributed by atoms with Gasteiger partial charge in [-0.3, -0.25) is 0 Å². The summed E-state index contributed by atoms with van der Waals surface area (Å²) in [4.78, 5) is 0. The minimum absolute atomic E-state index is 0.847. The Kier molecular flexibility index (Phi) is 9.71. The van der Waals surface area contributed by atoms with Crippen molar-refractivity contribution in [1.29, 1.82) is 0 Å². The van der Waals surface area contributed by atoms with Crippen molar-refractivity contribution in [1.82, 2.24) is 25.5 Å². The van der Waals surface area contributed by atoms with Gasteiger partial charge in [0.2, 0.25) is 5.16 Å². The van der Waals surface area contributed by atoms with Gasteiger partial charge in [-0.05, 0) is 23.4 Å². The van der Waals surface area contributed by atoms with Gasteiger partial charge < -0.3 is 5.32 Å². The highest BCUT2D eigenvalue weighted by molar-refractivity contribution is 7.99. The number of rotatable bonds is 12. The lowest BCUT2D eigenvalue weighted by Crippen LogP contribution is -2.20. The zero-order valence-electron chi connectivity index (χ0n) is 12.3. The highest BCUT2D eigenvalue weighted by atomic mass is 32.2. The van der Waals surface area contributed by atoms with Gasteiger partial charge >= 0.3 is 0 Å². The summed E-state index contributed by atoms with van der Waals surface area (Å²) < 4.78 is 1.89. The van der Waals surface area contributed by atoms with Crippen LogP contribution in [0.15, 0.2) is 5.16 Å². The van der Waals surface area contributed by atoms with Gasteiger partial charge in [-0.25, -0.2) is 4.68 Å². The average Bonchev–Trinajstić information content (AvgIpc) is 2.86. The summed E-state index contributed by atoms with van der Waals surface area (Å²) in [7, 11) is 0. The van der Waals surface area contributed by atoms with E-state index in [1.807, 2.05) is 4.68 Å². The third-order valence-electron chi connectivity index (χ3n) is 2.98. The Labute approximate surface area is 120 Å². The number of aromatic nitrogens is 4. The maximum Gasteiger partial charge on any atom is 0.209 e. The largest absolute Gasteiger partial charge is 0.315 e. The zero-order valence-corrected chi connectivity index (χ0v) is 13.1. The van der Waals surface area contributed by atoms with E-state index < -0.39 is 0 Å². The molecule has 0 saturated carbocycles. The summed E-state index contributed by atoms with van der Waals surface area (Å²) in [6.45, 7) is 7.12. The van der Waals surface area contributed by atoms with Gasteiger partial charge in [-0.1, -0.05) is 57.7 Å². The maximum absolute atomic E-state index is 4.08. The van der Waals surface area contributed by atoms with E-state index in [1.54, 1.807) is 11.8 Å². The first-order chi connectivity index (χ1) is 9.38. The van der Waals surface area contributed by atoms with Gasteiger partial charge in [0.15, 0.2) is 0 Å². The molecule has 0 bridgehead atoms. The summed E-state index contributed by atoms with van der Waals surface area (Å²) in [6, 6.07) is 0. The third kappa shape index (κ3) is 7.52. The zero-order chi connectivity index (χ0) is 13.8. The van der Waals surface area contributed by atoms with Crippen LogP contribution in [-0.2, 0) is 6.54 Å². The molecular formula is C13H27N5S. The van der Waals surface area contributed by atoms with Crippen molar-refractivity contribution < 1.29 is 0 Å². The molecule has 0 spiro atoms. The standard InChI is InChI=1S/C13H27N5S/c1-3-5-6-7-8-9-12-19-13-15-16-17-18(13)11-10-14-4-2/h14H,3-12H2,1-2H3. The number of nitrogens with zero attached hydrogens (tertiary/aromatic N) is 4. The number of thioether (sulfide) groups is 1. The Morgan fingerprint density at radius 2 is 1.89 bits per heavy atom. The molecule has 110 valence electrons. The normalized spacial score (nSPS) is 11.1. The van der Waals surface area contributed by atoms with Gasteiger partial charge in [0, 0.05) is 12.3 Å². The molecule has 5 nitrogen and oxygen atoms in total. The average molecular weight is 285 g/mol. The van der Waals surface area contributed by atoms with E-state index in [4.69, 9.17) is 0 Å². The molecule has 0 radical (unpaired) electrons. The molecule has 0 amide bonds. The van der Waals surface area contributed by atoms with E-state index in [1.165, 1.54) is 38.5 Å². The van der Waals surface area contributed by atoms with Crippen molar-refractivity contribution in [2.45, 2.75) is 64.1 Å². The molecule has 0 aliphatic carbocycles. The van der Waals surface area contributed by atoms with Crippen molar-refractivity contribution in [2.24, 2.45) is 0 Å². The van der Waals surface area contributed by atoms with Crippen LogP contribution in [0.3, 0.4) is 0 Å². The van der Waals surface area contributed by atoms with E-state index in [-0.39, 0.29) is 0 Å². The van der Waals surface area contributed by atoms with Crippen LogP contribution in [0.4, 0.5) is 0 Å². The van der Waals surface area contributed by atoms with Crippen molar-refractivity contribution in [2.75, 3.05) is 18.8 Å². The van der Waals surface area contributed by atoms with Gasteiger partial charge in [-0.15, -0.1) is 5.10 Å². The smallest absolute Gasteiger partial charge is 0.209 e. The molecule has 1 rings (SSSR count). The van der Waals surface area contributed by atoms with Gasteiger partial charge in [-0.2, -0.15) is 0 Å². The first-order valence-electron chi connectivity index (χ1n) is 7.48. The minimum atomic E-state index is 0.847. The fraction of sp³-hybridized carbons (Fsp3) is 0.923. The predicted octanol–water partition coefficient (Wildman–Crippen LogP) is 2.74. The SMILES string of the molecule is CCCCCCCCSc1nnnn1CCNCC. The van der Waals surface area contributed by atoms with E-state index in [0.29, 0.717) is 0 Å². The topological polar surface area (TPSA) is 55.6 Å². The van der Waals surface area contributed by atoms with Crippen LogP contribution in [0.5, 0.6) is 0 Å². The molecule has 19 heavy (non-hydrogen) atoms. The van der Waals surface area contributed by atoms with E-state index in [2.05, 4.69) is 34.7 Å². The summed E-state index contributed by atoms with van der Waals surface area (Å²) in [5.74, 6) is 1.12. The summed E-state index contributed by atoms with van der Waals surface area (Å²) in [6.07, 6.45) is 8.01. The fourth-order valence-corrected chi connectivity index (χ4v) is 2.75. The van der Waals surface area contributed by atoms with Gasteiger partial charge in [0.1, 0.15) is 0 Å². The predicted molar refractivity (Wildman–Crippen MR) is 80.5 cm³/mol. The van der Waals surface area contributed by atoms with E-state index in [9.17, 15) is 0 Å². The highest BCUT2D eigenvalue weighted by Gasteiger charge is 2.05. The quantitative estimate of drug-likeness (QED) is 0.473. The summed E-state index contributed by atoms with van der Waals surface area (Å²) in [5.41, 5.74) is 0. The molecule has 0 fully saturated rings. The summed E-state index contributed by atoms with van der Waals surface area (Å²) in [5, 5.41) is 16.1. The van der Waals surface area contributed by atoms with Crippen molar-refractivity contribution in [3.63, 3.8) is 0 Å². The third-order valence-corrected chi connectivity index (χ3v) is 4.02. The van der Waals surface area contributed by atoms with Crippen molar-refractivity contribution >= 4 is 11.8 Å². The van der Waals surface area contributed by atoms with Crippen LogP contribution in [0.2, 0.25) is 0 Å². The van der Waals surface area contributed by atoms with Crippen molar-refractivity contribution in [3.05, 3.63) is 0 Å². The second kappa shape index (κ2) is 11.2. The molecule has 1 N–H and O–H groups in total. The Morgan fingerprint density at radius 3 is 2.68 bits per heavy atom. The molecule has 0 aliphatic rings. The molecule has 1 aromatic heterocycles. The molecule has 6 heteroatoms. The first-order valence-corrected chi connectivity index (χ1v) is 8.46. The van der Waals surface area contributed by atoms with Crippen LogP contribution in [0, 0.1) is 0 Å². The Morgan fingerprint density at radius 1 is 1.11 bits per heavy atom. The van der Waals surface area contributed by atoms with Crippen LogP contribution in [0.1, 0.15) is 52.4 Å². The molecule has 1 heterocycles. The minimum Gasteiger partial charge on any atom is -0.315 e. The maximum atomic E-state index is 4.08. The number of tetrazole rings is 1. The van der Waals surface area contributed by atoms with E-state index >= 15 is 0 Å². The summed E-state index contributed by atoms with van der Waals surface area (Å²) >= 11 is 1.77. The number of unbranched alkanes of at least 4 members (excludes halogenated alkanes) is 5. The fourth-order valence-electron chi connectivity index (χ4n) is 1.85. The lowest BCUT2D eigenvalue weighted by Gasteiger charge is -2.04.